The molecule has 0 aliphatic rings. The minimum Gasteiger partial charge on any atom is -0.481 e. The van der Waals surface area contributed by atoms with Gasteiger partial charge in [-0.2, -0.15) is 0 Å². The van der Waals surface area contributed by atoms with Crippen molar-refractivity contribution < 1.29 is 19.5 Å². The van der Waals surface area contributed by atoms with Crippen LogP contribution in [0.2, 0.25) is 5.15 Å². The van der Waals surface area contributed by atoms with Gasteiger partial charge in [-0.05, 0) is 25.1 Å². The van der Waals surface area contributed by atoms with E-state index in [-0.39, 0.29) is 39.9 Å². The van der Waals surface area contributed by atoms with Crippen LogP contribution in [0.25, 0.3) is 11.0 Å². The number of hydrogen-bond donors (Lipinski definition) is 4. The molecule has 3 aromatic rings. The zero-order valence-corrected chi connectivity index (χ0v) is 17.8. The summed E-state index contributed by atoms with van der Waals surface area (Å²) in [6, 6.07) is 4.91. The number of nitrogen functional groups attached to an aromatic ring is 2. The number of nitrogens with one attached hydrogen (secondary N) is 1. The van der Waals surface area contributed by atoms with Crippen LogP contribution in [0, 0.1) is 0 Å². The van der Waals surface area contributed by atoms with Crippen molar-refractivity contribution in [3.63, 3.8) is 0 Å². The quantitative estimate of drug-likeness (QED) is 0.401. The molecule has 3 rings (SSSR count). The van der Waals surface area contributed by atoms with Gasteiger partial charge in [0, 0.05) is 12.1 Å². The van der Waals surface area contributed by atoms with Crippen molar-refractivity contribution in [3.05, 3.63) is 40.4 Å². The molecule has 1 aromatic carbocycles. The van der Waals surface area contributed by atoms with E-state index in [9.17, 15) is 14.4 Å². The fraction of sp³-hybridized carbons (Fsp3) is 0.222. The maximum Gasteiger partial charge on any atom is 0.313 e. The van der Waals surface area contributed by atoms with Crippen LogP contribution in [0.15, 0.2) is 18.2 Å². The van der Waals surface area contributed by atoms with Crippen molar-refractivity contribution in [3.8, 4) is 0 Å². The van der Waals surface area contributed by atoms with E-state index >= 15 is 0 Å². The Morgan fingerprint density at radius 3 is 2.61 bits per heavy atom. The summed E-state index contributed by atoms with van der Waals surface area (Å²) in [5, 5.41) is 10.9. The number of carbonyl (C=O) groups is 3. The van der Waals surface area contributed by atoms with E-state index in [1.165, 1.54) is 0 Å². The molecule has 6 N–H and O–H groups in total. The number of aromatic nitrogens is 4. The Hall–Kier alpha value is -3.38. The summed E-state index contributed by atoms with van der Waals surface area (Å²) in [5.74, 6) is -1.66. The van der Waals surface area contributed by atoms with Crippen LogP contribution in [0.5, 0.6) is 0 Å². The lowest BCUT2D eigenvalue weighted by Crippen LogP contribution is -2.27. The second-order valence-electron chi connectivity index (χ2n) is 6.26. The Labute approximate surface area is 185 Å². The molecule has 0 saturated carbocycles. The molecule has 0 radical (unpaired) electrons. The maximum atomic E-state index is 12.5. The number of aliphatic carboxylic acids is 1. The molecule has 2 aromatic heterocycles. The third-order valence-electron chi connectivity index (χ3n) is 4.23. The fourth-order valence-corrected chi connectivity index (χ4v) is 3.52. The first-order valence-electron chi connectivity index (χ1n) is 8.96. The second-order valence-corrected chi connectivity index (χ2v) is 7.57. The van der Waals surface area contributed by atoms with Crippen molar-refractivity contribution in [2.75, 3.05) is 17.2 Å². The molecule has 2 heterocycles. The number of nitrogens with zero attached hydrogens (tertiary/aromatic N) is 4. The molecule has 31 heavy (non-hydrogen) atoms. The molecule has 0 aliphatic carbocycles. The van der Waals surface area contributed by atoms with Crippen molar-refractivity contribution in [2.24, 2.45) is 0 Å². The lowest BCUT2D eigenvalue weighted by atomic mass is 10.2. The number of carboxylic acids is 1. The Bertz CT molecular complexity index is 1200. The van der Waals surface area contributed by atoms with Gasteiger partial charge in [-0.25, -0.2) is 15.0 Å². The molecular formula is C18H18ClN7O4S. The van der Waals surface area contributed by atoms with E-state index in [4.69, 9.17) is 28.2 Å². The van der Waals surface area contributed by atoms with Gasteiger partial charge < -0.3 is 26.5 Å². The molecule has 0 atom stereocenters. The number of amides is 1. The van der Waals surface area contributed by atoms with E-state index < -0.39 is 11.9 Å². The van der Waals surface area contributed by atoms with Gasteiger partial charge in [0.15, 0.2) is 22.5 Å². The molecule has 11 nitrogen and oxygen atoms in total. The Balaban J connectivity index is 1.82. The molecule has 0 spiro atoms. The lowest BCUT2D eigenvalue weighted by Gasteiger charge is -2.09. The van der Waals surface area contributed by atoms with Crippen LogP contribution in [0.1, 0.15) is 33.6 Å². The first-order valence-corrected chi connectivity index (χ1v) is 10.3. The van der Waals surface area contributed by atoms with Gasteiger partial charge >= 0.3 is 5.97 Å². The van der Waals surface area contributed by atoms with Crippen LogP contribution >= 0.6 is 23.4 Å². The number of benzene rings is 1. The predicted molar refractivity (Wildman–Crippen MR) is 117 cm³/mol. The SMILES string of the molecule is CCn1c(CNC(=O)c2nc(Cl)c(N)nc2N)nc2ccc(C(=O)SCC(=O)O)cc21. The highest BCUT2D eigenvalue weighted by Gasteiger charge is 2.18. The monoisotopic (exact) mass is 463 g/mol. The number of fused-ring (bicyclic) bond motifs is 1. The van der Waals surface area contributed by atoms with Crippen LogP contribution in [0.3, 0.4) is 0 Å². The summed E-state index contributed by atoms with van der Waals surface area (Å²) in [4.78, 5) is 47.5. The van der Waals surface area contributed by atoms with Crippen molar-refractivity contribution in [2.45, 2.75) is 20.0 Å². The number of rotatable bonds is 7. The van der Waals surface area contributed by atoms with Crippen molar-refractivity contribution in [1.82, 2.24) is 24.8 Å². The summed E-state index contributed by atoms with van der Waals surface area (Å²) >= 11 is 6.53. The second kappa shape index (κ2) is 9.18. The number of thioether (sulfide) groups is 1. The summed E-state index contributed by atoms with van der Waals surface area (Å²) in [6.45, 7) is 2.47. The third kappa shape index (κ3) is 4.86. The summed E-state index contributed by atoms with van der Waals surface area (Å²) in [5.41, 5.74) is 12.7. The first-order chi connectivity index (χ1) is 14.7. The number of imidazole rings is 1. The average molecular weight is 464 g/mol. The maximum absolute atomic E-state index is 12.5. The molecule has 0 unspecified atom stereocenters. The minimum absolute atomic E-state index is 0.0571. The van der Waals surface area contributed by atoms with Crippen LogP contribution < -0.4 is 16.8 Å². The van der Waals surface area contributed by atoms with Gasteiger partial charge in [-0.3, -0.25) is 14.4 Å². The number of carbonyl (C=O) groups excluding carboxylic acids is 2. The van der Waals surface area contributed by atoms with E-state index in [0.29, 0.717) is 40.7 Å². The predicted octanol–water partition coefficient (Wildman–Crippen LogP) is 1.55. The smallest absolute Gasteiger partial charge is 0.313 e. The fourth-order valence-electron chi connectivity index (χ4n) is 2.85. The van der Waals surface area contributed by atoms with Crippen molar-refractivity contribution >= 4 is 63.0 Å². The van der Waals surface area contributed by atoms with Gasteiger partial charge in [-0.15, -0.1) is 0 Å². The summed E-state index contributed by atoms with van der Waals surface area (Å²) < 4.78 is 1.83. The number of carboxylic acid groups (broad SMARTS) is 1. The zero-order chi connectivity index (χ0) is 22.7. The number of hydrogen-bond acceptors (Lipinski definition) is 9. The molecule has 0 bridgehead atoms. The van der Waals surface area contributed by atoms with Gasteiger partial charge in [0.1, 0.15) is 5.82 Å². The summed E-state index contributed by atoms with van der Waals surface area (Å²) in [6.07, 6.45) is 0. The third-order valence-corrected chi connectivity index (χ3v) is 5.40. The molecule has 13 heteroatoms. The van der Waals surface area contributed by atoms with Crippen molar-refractivity contribution in [1.29, 1.82) is 0 Å². The van der Waals surface area contributed by atoms with E-state index in [0.717, 1.165) is 0 Å². The molecule has 162 valence electrons. The number of halogens is 1. The normalized spacial score (nSPS) is 10.9. The lowest BCUT2D eigenvalue weighted by molar-refractivity contribution is -0.133. The highest BCUT2D eigenvalue weighted by atomic mass is 35.5. The molecular weight excluding hydrogens is 446 g/mol. The van der Waals surface area contributed by atoms with Gasteiger partial charge in [0.2, 0.25) is 5.12 Å². The van der Waals surface area contributed by atoms with Gasteiger partial charge in [0.05, 0.1) is 23.3 Å². The summed E-state index contributed by atoms with van der Waals surface area (Å²) in [7, 11) is 0. The first kappa shape index (κ1) is 22.3. The van der Waals surface area contributed by atoms with E-state index in [1.54, 1.807) is 18.2 Å². The standard InChI is InChI=1S/C18H18ClN7O4S/c1-2-26-10-5-8(18(30)31-7-12(27)28)3-4-9(10)23-11(26)6-22-17(29)13-15(20)25-16(21)14(19)24-13/h3-5H,2,6-7H2,1H3,(H,22,29)(H,27,28)(H4,20,21,25). The van der Waals surface area contributed by atoms with E-state index in [1.807, 2.05) is 11.5 Å². The topological polar surface area (TPSA) is 179 Å². The van der Waals surface area contributed by atoms with E-state index in [2.05, 4.69) is 20.3 Å². The number of nitrogens with two attached hydrogens (primary N) is 2. The highest BCUT2D eigenvalue weighted by molar-refractivity contribution is 8.14. The molecule has 0 saturated heterocycles. The Kier molecular flexibility index (Phi) is 6.61. The molecule has 0 aliphatic heterocycles. The Morgan fingerprint density at radius 1 is 1.19 bits per heavy atom. The zero-order valence-electron chi connectivity index (χ0n) is 16.3. The molecule has 0 fully saturated rings. The average Bonchev–Trinajstić information content (AvgIpc) is 3.09. The highest BCUT2D eigenvalue weighted by Crippen LogP contribution is 2.22. The van der Waals surface area contributed by atoms with Gasteiger partial charge in [0.25, 0.3) is 5.91 Å². The van der Waals surface area contributed by atoms with Gasteiger partial charge in [-0.1, -0.05) is 23.4 Å². The van der Waals surface area contributed by atoms with Crippen LogP contribution in [-0.2, 0) is 17.9 Å². The number of aryl methyl sites for hydroxylation is 1. The number of anilines is 2. The largest absolute Gasteiger partial charge is 0.481 e. The van der Waals surface area contributed by atoms with Crippen LogP contribution in [0.4, 0.5) is 11.6 Å². The minimum atomic E-state index is -1.07. The molecule has 1 amide bonds. The Morgan fingerprint density at radius 2 is 1.94 bits per heavy atom. The van der Waals surface area contributed by atoms with Crippen LogP contribution in [-0.4, -0.2) is 47.4 Å².